The van der Waals surface area contributed by atoms with Gasteiger partial charge in [-0.2, -0.15) is 5.26 Å². The number of para-hydroxylation sites is 1. The Morgan fingerprint density at radius 3 is 2.57 bits per heavy atom. The SMILES string of the molecule is Cc1c(C#N)c(NC(=O)COC(=O)COc2ccccc2)n(Cc2ccco2)c1C. The molecule has 3 rings (SSSR count). The third-order valence-corrected chi connectivity index (χ3v) is 4.56. The smallest absolute Gasteiger partial charge is 0.344 e. The Morgan fingerprint density at radius 1 is 1.13 bits per heavy atom. The molecule has 1 aromatic carbocycles. The summed E-state index contributed by atoms with van der Waals surface area (Å²) < 4.78 is 17.4. The number of esters is 1. The van der Waals surface area contributed by atoms with Crippen LogP contribution in [0, 0.1) is 25.2 Å². The molecule has 0 fully saturated rings. The van der Waals surface area contributed by atoms with Crippen LogP contribution in [-0.4, -0.2) is 29.7 Å². The van der Waals surface area contributed by atoms with E-state index in [4.69, 9.17) is 13.9 Å². The minimum atomic E-state index is -0.673. The van der Waals surface area contributed by atoms with Gasteiger partial charge in [0.1, 0.15) is 23.4 Å². The highest BCUT2D eigenvalue weighted by Gasteiger charge is 2.21. The van der Waals surface area contributed by atoms with E-state index in [1.165, 1.54) is 0 Å². The van der Waals surface area contributed by atoms with Crippen LogP contribution in [-0.2, 0) is 20.9 Å². The first kappa shape index (κ1) is 20.7. The van der Waals surface area contributed by atoms with Crippen molar-refractivity contribution in [3.05, 3.63) is 71.3 Å². The van der Waals surface area contributed by atoms with E-state index in [-0.39, 0.29) is 6.61 Å². The molecule has 30 heavy (non-hydrogen) atoms. The summed E-state index contributed by atoms with van der Waals surface area (Å²) in [4.78, 5) is 24.2. The number of carbonyl (C=O) groups is 2. The maximum absolute atomic E-state index is 12.4. The quantitative estimate of drug-likeness (QED) is 0.575. The average Bonchev–Trinajstić information content (AvgIpc) is 3.34. The van der Waals surface area contributed by atoms with Crippen molar-refractivity contribution in [1.29, 1.82) is 5.26 Å². The molecule has 0 aliphatic rings. The van der Waals surface area contributed by atoms with E-state index in [1.807, 2.05) is 19.9 Å². The standard InChI is InChI=1S/C22H21N3O5/c1-15-16(2)25(12-18-9-6-10-28-18)22(19(15)11-23)24-20(26)13-30-21(27)14-29-17-7-4-3-5-8-17/h3-10H,12-14H2,1-2H3,(H,24,26). The Bertz CT molecular complexity index is 1060. The highest BCUT2D eigenvalue weighted by Crippen LogP contribution is 2.27. The number of nitrogens with one attached hydrogen (secondary N) is 1. The zero-order chi connectivity index (χ0) is 21.5. The lowest BCUT2D eigenvalue weighted by Gasteiger charge is -2.12. The number of benzene rings is 1. The predicted octanol–water partition coefficient (Wildman–Crippen LogP) is 3.18. The molecule has 2 heterocycles. The number of nitrogens with zero attached hydrogens (tertiary/aromatic N) is 2. The van der Waals surface area contributed by atoms with Crippen molar-refractivity contribution in [2.24, 2.45) is 0 Å². The zero-order valence-electron chi connectivity index (χ0n) is 16.7. The Labute approximate surface area is 173 Å². The first-order valence-corrected chi connectivity index (χ1v) is 9.25. The molecule has 2 aromatic heterocycles. The second-order valence-corrected chi connectivity index (χ2v) is 6.52. The maximum Gasteiger partial charge on any atom is 0.344 e. The number of amides is 1. The average molecular weight is 407 g/mol. The van der Waals surface area contributed by atoms with Gasteiger partial charge in [0.05, 0.1) is 18.4 Å². The second-order valence-electron chi connectivity index (χ2n) is 6.52. The molecule has 0 saturated carbocycles. The van der Waals surface area contributed by atoms with E-state index in [0.29, 0.717) is 29.4 Å². The van der Waals surface area contributed by atoms with E-state index < -0.39 is 18.5 Å². The summed E-state index contributed by atoms with van der Waals surface area (Å²) in [6.45, 7) is 3.21. The Morgan fingerprint density at radius 2 is 1.90 bits per heavy atom. The molecule has 0 saturated heterocycles. The number of anilines is 1. The van der Waals surface area contributed by atoms with Gasteiger partial charge in [0, 0.05) is 5.69 Å². The van der Waals surface area contributed by atoms with Gasteiger partial charge in [-0.15, -0.1) is 0 Å². The lowest BCUT2D eigenvalue weighted by molar-refractivity contribution is -0.149. The molecular formula is C22H21N3O5. The van der Waals surface area contributed by atoms with Crippen molar-refractivity contribution in [1.82, 2.24) is 4.57 Å². The number of aromatic nitrogens is 1. The molecule has 0 atom stereocenters. The Balaban J connectivity index is 1.62. The van der Waals surface area contributed by atoms with E-state index in [9.17, 15) is 14.9 Å². The van der Waals surface area contributed by atoms with Gasteiger partial charge < -0.3 is 23.8 Å². The fourth-order valence-electron chi connectivity index (χ4n) is 2.90. The molecular weight excluding hydrogens is 386 g/mol. The van der Waals surface area contributed by atoms with Gasteiger partial charge in [0.25, 0.3) is 5.91 Å². The van der Waals surface area contributed by atoms with Gasteiger partial charge in [-0.3, -0.25) is 4.79 Å². The third-order valence-electron chi connectivity index (χ3n) is 4.56. The zero-order valence-corrected chi connectivity index (χ0v) is 16.7. The first-order chi connectivity index (χ1) is 14.5. The Hall–Kier alpha value is -3.99. The molecule has 0 spiro atoms. The predicted molar refractivity (Wildman–Crippen MR) is 108 cm³/mol. The van der Waals surface area contributed by atoms with E-state index in [1.54, 1.807) is 47.2 Å². The van der Waals surface area contributed by atoms with Gasteiger partial charge in [-0.05, 0) is 43.7 Å². The lowest BCUT2D eigenvalue weighted by Crippen LogP contribution is -2.25. The molecule has 1 amide bonds. The van der Waals surface area contributed by atoms with Gasteiger partial charge in [0.2, 0.25) is 0 Å². The number of nitriles is 1. The van der Waals surface area contributed by atoms with Crippen molar-refractivity contribution in [2.75, 3.05) is 18.5 Å². The summed E-state index contributed by atoms with van der Waals surface area (Å²) >= 11 is 0. The molecule has 0 aliphatic carbocycles. The van der Waals surface area contributed by atoms with Crippen molar-refractivity contribution >= 4 is 17.7 Å². The fourth-order valence-corrected chi connectivity index (χ4v) is 2.90. The van der Waals surface area contributed by atoms with Gasteiger partial charge in [-0.1, -0.05) is 18.2 Å². The van der Waals surface area contributed by atoms with Crippen LogP contribution in [0.1, 0.15) is 22.6 Å². The van der Waals surface area contributed by atoms with Gasteiger partial charge in [0.15, 0.2) is 13.2 Å². The summed E-state index contributed by atoms with van der Waals surface area (Å²) in [5.74, 6) is 0.313. The molecule has 3 aromatic rings. The number of rotatable bonds is 8. The van der Waals surface area contributed by atoms with Gasteiger partial charge >= 0.3 is 5.97 Å². The molecule has 0 radical (unpaired) electrons. The van der Waals surface area contributed by atoms with Crippen LogP contribution in [0.5, 0.6) is 5.75 Å². The molecule has 0 bridgehead atoms. The number of ether oxygens (including phenoxy) is 2. The highest BCUT2D eigenvalue weighted by atomic mass is 16.6. The van der Waals surface area contributed by atoms with Crippen LogP contribution in [0.4, 0.5) is 5.82 Å². The summed E-state index contributed by atoms with van der Waals surface area (Å²) in [6, 6.07) is 14.5. The molecule has 154 valence electrons. The van der Waals surface area contributed by atoms with Crippen LogP contribution < -0.4 is 10.1 Å². The van der Waals surface area contributed by atoms with Crippen molar-refractivity contribution in [2.45, 2.75) is 20.4 Å². The van der Waals surface area contributed by atoms with E-state index in [2.05, 4.69) is 11.4 Å². The Kier molecular flexibility index (Phi) is 6.55. The molecule has 8 nitrogen and oxygen atoms in total. The second kappa shape index (κ2) is 9.47. The van der Waals surface area contributed by atoms with Crippen LogP contribution in [0.3, 0.4) is 0 Å². The van der Waals surface area contributed by atoms with Crippen LogP contribution >= 0.6 is 0 Å². The summed E-state index contributed by atoms with van der Waals surface area (Å²) in [6.07, 6.45) is 1.56. The van der Waals surface area contributed by atoms with Crippen molar-refractivity contribution in [3.8, 4) is 11.8 Å². The van der Waals surface area contributed by atoms with Crippen molar-refractivity contribution < 1.29 is 23.5 Å². The van der Waals surface area contributed by atoms with Crippen LogP contribution in [0.25, 0.3) is 0 Å². The van der Waals surface area contributed by atoms with Crippen molar-refractivity contribution in [3.63, 3.8) is 0 Å². The molecule has 0 aliphatic heterocycles. The minimum absolute atomic E-state index is 0.312. The summed E-state index contributed by atoms with van der Waals surface area (Å²) in [5, 5.41) is 12.2. The molecule has 0 unspecified atom stereocenters. The monoisotopic (exact) mass is 407 g/mol. The largest absolute Gasteiger partial charge is 0.482 e. The van der Waals surface area contributed by atoms with E-state index >= 15 is 0 Å². The third kappa shape index (κ3) is 4.89. The number of furan rings is 1. The summed E-state index contributed by atoms with van der Waals surface area (Å²) in [7, 11) is 0. The van der Waals surface area contributed by atoms with Crippen LogP contribution in [0.15, 0.2) is 53.1 Å². The maximum atomic E-state index is 12.4. The molecule has 1 N–H and O–H groups in total. The first-order valence-electron chi connectivity index (χ1n) is 9.25. The number of hydrogen-bond donors (Lipinski definition) is 1. The number of hydrogen-bond acceptors (Lipinski definition) is 6. The summed E-state index contributed by atoms with van der Waals surface area (Å²) in [5.41, 5.74) is 1.94. The highest BCUT2D eigenvalue weighted by molar-refractivity contribution is 5.93. The van der Waals surface area contributed by atoms with Gasteiger partial charge in [-0.25, -0.2) is 4.79 Å². The lowest BCUT2D eigenvalue weighted by atomic mass is 10.2. The fraction of sp³-hybridized carbons (Fsp3) is 0.227. The topological polar surface area (TPSA) is 106 Å². The molecule has 8 heteroatoms. The van der Waals surface area contributed by atoms with Crippen LogP contribution in [0.2, 0.25) is 0 Å². The minimum Gasteiger partial charge on any atom is -0.482 e. The normalized spacial score (nSPS) is 10.3. The van der Waals surface area contributed by atoms with E-state index in [0.717, 1.165) is 11.3 Å². The number of carbonyl (C=O) groups excluding carboxylic acids is 2.